The van der Waals surface area contributed by atoms with E-state index >= 15 is 0 Å². The number of phenols is 1. The second-order valence-corrected chi connectivity index (χ2v) is 7.66. The van der Waals surface area contributed by atoms with Crippen LogP contribution in [-0.4, -0.2) is 12.2 Å². The van der Waals surface area contributed by atoms with E-state index in [-0.39, 0.29) is 0 Å². The van der Waals surface area contributed by atoms with E-state index in [9.17, 15) is 5.11 Å². The third-order valence-electron chi connectivity index (χ3n) is 4.02. The molecule has 2 nitrogen and oxygen atoms in total. The Balaban J connectivity index is 1.79. The van der Waals surface area contributed by atoms with Crippen molar-refractivity contribution in [3.63, 3.8) is 0 Å². The molecule has 4 aromatic rings. The standard InChI is InChI=1S/C20H14O2S2/c1-22-14-8-6-13(7-9-14)19-12-20(24-23-19)17-10-11-18(21)16-5-3-2-4-15(16)17/h2-12H,1H3/p+1. The summed E-state index contributed by atoms with van der Waals surface area (Å²) in [5, 5.41) is 12.0. The van der Waals surface area contributed by atoms with Crippen LogP contribution in [-0.2, 0) is 0 Å². The van der Waals surface area contributed by atoms with Gasteiger partial charge in [0.25, 0.3) is 4.88 Å². The molecule has 118 valence electrons. The van der Waals surface area contributed by atoms with Crippen molar-refractivity contribution >= 4 is 31.5 Å². The first-order valence-electron chi connectivity index (χ1n) is 7.55. The Morgan fingerprint density at radius 2 is 1.67 bits per heavy atom. The maximum Gasteiger partial charge on any atom is 0.301 e. The number of ether oxygens (including phenoxy) is 1. The second-order valence-electron chi connectivity index (χ2n) is 5.45. The molecule has 0 fully saturated rings. The van der Waals surface area contributed by atoms with Gasteiger partial charge in [0, 0.05) is 22.6 Å². The summed E-state index contributed by atoms with van der Waals surface area (Å²) < 4.78 is 5.22. The predicted octanol–water partition coefficient (Wildman–Crippen LogP) is 6.29. The number of methoxy groups -OCH3 is 1. The Labute approximate surface area is 147 Å². The molecule has 0 aliphatic carbocycles. The van der Waals surface area contributed by atoms with Gasteiger partial charge in [-0.15, -0.1) is 0 Å². The van der Waals surface area contributed by atoms with Crippen LogP contribution in [0.3, 0.4) is 0 Å². The van der Waals surface area contributed by atoms with E-state index < -0.39 is 0 Å². The molecule has 0 aliphatic heterocycles. The zero-order chi connectivity index (χ0) is 16.5. The highest BCUT2D eigenvalue weighted by Crippen LogP contribution is 2.41. The summed E-state index contributed by atoms with van der Waals surface area (Å²) in [6, 6.07) is 22.1. The van der Waals surface area contributed by atoms with Gasteiger partial charge < -0.3 is 9.84 Å². The minimum absolute atomic E-state index is 0.324. The zero-order valence-electron chi connectivity index (χ0n) is 13.0. The third-order valence-corrected chi connectivity index (χ3v) is 6.49. The van der Waals surface area contributed by atoms with E-state index in [1.54, 1.807) is 33.9 Å². The van der Waals surface area contributed by atoms with Gasteiger partial charge in [-0.2, -0.15) is 0 Å². The molecule has 4 rings (SSSR count). The average Bonchev–Trinajstić information content (AvgIpc) is 3.12. The number of benzene rings is 3. The largest absolute Gasteiger partial charge is 0.507 e. The first kappa shape index (κ1) is 15.1. The Morgan fingerprint density at radius 1 is 0.917 bits per heavy atom. The molecular formula is C20H15O2S2+. The first-order valence-corrected chi connectivity index (χ1v) is 9.70. The fraction of sp³-hybridized carbons (Fsp3) is 0.0500. The lowest BCUT2D eigenvalue weighted by Gasteiger charge is -2.04. The topological polar surface area (TPSA) is 29.5 Å². The average molecular weight is 351 g/mol. The number of rotatable bonds is 3. The molecule has 0 atom stereocenters. The summed E-state index contributed by atoms with van der Waals surface area (Å²) in [6.45, 7) is 0. The molecule has 0 bridgehead atoms. The second kappa shape index (κ2) is 6.23. The lowest BCUT2D eigenvalue weighted by molar-refractivity contribution is 0.415. The van der Waals surface area contributed by atoms with Crippen LogP contribution in [0.4, 0.5) is 0 Å². The van der Waals surface area contributed by atoms with Crippen LogP contribution in [0.2, 0.25) is 0 Å². The Bertz CT molecular complexity index is 1000. The van der Waals surface area contributed by atoms with Gasteiger partial charge in [-0.1, -0.05) is 24.3 Å². The molecule has 0 amide bonds. The van der Waals surface area contributed by atoms with Crippen LogP contribution < -0.4 is 4.74 Å². The fourth-order valence-electron chi connectivity index (χ4n) is 2.76. The van der Waals surface area contributed by atoms with Crippen LogP contribution >= 0.6 is 20.7 Å². The molecule has 0 aliphatic rings. The third kappa shape index (κ3) is 2.64. The Hall–Kier alpha value is -2.43. The minimum atomic E-state index is 0.324. The molecular weight excluding hydrogens is 336 g/mol. The van der Waals surface area contributed by atoms with E-state index in [2.05, 4.69) is 24.3 Å². The maximum absolute atomic E-state index is 10.1. The quantitative estimate of drug-likeness (QED) is 0.347. The highest BCUT2D eigenvalue weighted by molar-refractivity contribution is 7.72. The van der Waals surface area contributed by atoms with E-state index in [0.29, 0.717) is 5.75 Å². The van der Waals surface area contributed by atoms with Gasteiger partial charge >= 0.3 is 10.3 Å². The van der Waals surface area contributed by atoms with Crippen molar-refractivity contribution in [2.75, 3.05) is 7.11 Å². The smallest absolute Gasteiger partial charge is 0.301 e. The highest BCUT2D eigenvalue weighted by atomic mass is 32.9. The molecule has 1 N–H and O–H groups in total. The molecule has 1 aromatic heterocycles. The van der Waals surface area contributed by atoms with Gasteiger partial charge in [0.2, 0.25) is 0 Å². The number of phenolic OH excluding ortho intramolecular Hbond substituents is 1. The number of aromatic hydroxyl groups is 1. The summed E-state index contributed by atoms with van der Waals surface area (Å²) >= 11 is 0. The highest BCUT2D eigenvalue weighted by Gasteiger charge is 2.19. The summed E-state index contributed by atoms with van der Waals surface area (Å²) in [7, 11) is 5.20. The SMILES string of the molecule is COc1ccc(-c2cc(-c3ccc(O)c4ccccc34)s[s+]2)cc1. The Morgan fingerprint density at radius 3 is 2.42 bits per heavy atom. The lowest BCUT2D eigenvalue weighted by Crippen LogP contribution is -1.81. The number of fused-ring (bicyclic) bond motifs is 1. The first-order chi connectivity index (χ1) is 11.8. The molecule has 24 heavy (non-hydrogen) atoms. The molecule has 4 heteroatoms. The van der Waals surface area contributed by atoms with Crippen LogP contribution in [0, 0.1) is 0 Å². The van der Waals surface area contributed by atoms with Crippen molar-refractivity contribution < 1.29 is 9.84 Å². The number of hydrogen-bond donors (Lipinski definition) is 1. The van der Waals surface area contributed by atoms with Crippen LogP contribution in [0.1, 0.15) is 0 Å². The molecule has 1 heterocycles. The fourth-order valence-corrected chi connectivity index (χ4v) is 5.24. The van der Waals surface area contributed by atoms with Crippen molar-refractivity contribution in [1.82, 2.24) is 0 Å². The monoisotopic (exact) mass is 351 g/mol. The minimum Gasteiger partial charge on any atom is -0.507 e. The van der Waals surface area contributed by atoms with E-state index in [1.165, 1.54) is 15.3 Å². The van der Waals surface area contributed by atoms with Gasteiger partial charge in [-0.05, 0) is 41.8 Å². The van der Waals surface area contributed by atoms with Crippen molar-refractivity contribution in [2.24, 2.45) is 0 Å². The van der Waals surface area contributed by atoms with Crippen molar-refractivity contribution in [1.29, 1.82) is 0 Å². The van der Waals surface area contributed by atoms with E-state index in [4.69, 9.17) is 4.74 Å². The van der Waals surface area contributed by atoms with Gasteiger partial charge in [-0.3, -0.25) is 0 Å². The van der Waals surface area contributed by atoms with Crippen LogP contribution in [0.5, 0.6) is 11.5 Å². The normalized spacial score (nSPS) is 10.9. The zero-order valence-corrected chi connectivity index (χ0v) is 14.7. The van der Waals surface area contributed by atoms with Gasteiger partial charge in [0.1, 0.15) is 11.5 Å². The Kier molecular flexibility index (Phi) is 3.92. The molecule has 0 saturated heterocycles. The van der Waals surface area contributed by atoms with E-state index in [0.717, 1.165) is 22.1 Å². The molecule has 0 spiro atoms. The van der Waals surface area contributed by atoms with Crippen molar-refractivity contribution in [2.45, 2.75) is 0 Å². The summed E-state index contributed by atoms with van der Waals surface area (Å²) in [6.07, 6.45) is 0. The van der Waals surface area contributed by atoms with Crippen molar-refractivity contribution in [3.8, 4) is 32.4 Å². The summed E-state index contributed by atoms with van der Waals surface area (Å²) in [5.41, 5.74) is 2.34. The molecule has 0 saturated carbocycles. The lowest BCUT2D eigenvalue weighted by atomic mass is 10.0. The van der Waals surface area contributed by atoms with Gasteiger partial charge in [-0.25, -0.2) is 0 Å². The maximum atomic E-state index is 10.1. The molecule has 0 radical (unpaired) electrons. The summed E-state index contributed by atoms with van der Waals surface area (Å²) in [4.78, 5) is 2.44. The predicted molar refractivity (Wildman–Crippen MR) is 103 cm³/mol. The van der Waals surface area contributed by atoms with E-state index in [1.807, 2.05) is 36.4 Å². The van der Waals surface area contributed by atoms with Gasteiger partial charge in [0.05, 0.1) is 12.0 Å². The van der Waals surface area contributed by atoms with Crippen LogP contribution in [0.15, 0.2) is 66.7 Å². The van der Waals surface area contributed by atoms with Gasteiger partial charge in [0.15, 0.2) is 10.3 Å². The van der Waals surface area contributed by atoms with Crippen molar-refractivity contribution in [3.05, 3.63) is 66.7 Å². The summed E-state index contributed by atoms with van der Waals surface area (Å²) in [5.74, 6) is 1.19. The number of hydrogen-bond acceptors (Lipinski definition) is 3. The molecule has 0 unspecified atom stereocenters. The van der Waals surface area contributed by atoms with Crippen LogP contribution in [0.25, 0.3) is 31.7 Å². The molecule has 3 aromatic carbocycles.